The third-order valence-corrected chi connectivity index (χ3v) is 2.98. The molecule has 3 rings (SSSR count). The highest BCUT2D eigenvalue weighted by Gasteiger charge is 2.20. The normalized spacial score (nSPS) is 10.9. The number of furan rings is 1. The molecule has 4 nitrogen and oxygen atoms in total. The molecule has 2 N–H and O–H groups in total. The molecule has 5 heteroatoms. The van der Waals surface area contributed by atoms with Gasteiger partial charge in [-0.05, 0) is 30.3 Å². The number of fused-ring (bicyclic) bond motifs is 1. The van der Waals surface area contributed by atoms with Gasteiger partial charge in [-0.2, -0.15) is 0 Å². The Kier molecular flexibility index (Phi) is 2.38. The molecular formula is C13H8ClNO3. The highest BCUT2D eigenvalue weighted by atomic mass is 35.5. The molecule has 0 aliphatic rings. The fourth-order valence-corrected chi connectivity index (χ4v) is 2.16. The van der Waals surface area contributed by atoms with Gasteiger partial charge in [-0.15, -0.1) is 0 Å². The number of carboxylic acids is 1. The average molecular weight is 262 g/mol. The highest BCUT2D eigenvalue weighted by Crippen LogP contribution is 2.32. The standard InChI is InChI=1S/C13H8ClNO3/c14-7-3-4-9-8(6-7)11(13(16)17)12(15-9)10-2-1-5-18-10/h1-6,15H,(H,16,17). The number of hydrogen-bond acceptors (Lipinski definition) is 2. The van der Waals surface area contributed by atoms with E-state index in [2.05, 4.69) is 4.98 Å². The van der Waals surface area contributed by atoms with Crippen LogP contribution in [0.3, 0.4) is 0 Å². The van der Waals surface area contributed by atoms with E-state index in [1.54, 1.807) is 30.3 Å². The molecule has 0 atom stereocenters. The van der Waals surface area contributed by atoms with E-state index in [1.165, 1.54) is 6.26 Å². The minimum Gasteiger partial charge on any atom is -0.478 e. The maximum atomic E-state index is 11.4. The predicted octanol–water partition coefficient (Wildman–Crippen LogP) is 3.78. The molecule has 0 amide bonds. The lowest BCUT2D eigenvalue weighted by Gasteiger charge is -1.96. The van der Waals surface area contributed by atoms with Crippen LogP contribution in [0.4, 0.5) is 0 Å². The van der Waals surface area contributed by atoms with Crippen molar-refractivity contribution >= 4 is 28.5 Å². The summed E-state index contributed by atoms with van der Waals surface area (Å²) in [4.78, 5) is 14.4. The van der Waals surface area contributed by atoms with Crippen molar-refractivity contribution in [1.29, 1.82) is 0 Å². The minimum absolute atomic E-state index is 0.169. The van der Waals surface area contributed by atoms with Crippen LogP contribution in [0, 0.1) is 0 Å². The maximum absolute atomic E-state index is 11.4. The number of nitrogens with one attached hydrogen (secondary N) is 1. The van der Waals surface area contributed by atoms with Gasteiger partial charge >= 0.3 is 5.97 Å². The van der Waals surface area contributed by atoms with E-state index in [4.69, 9.17) is 16.0 Å². The molecule has 90 valence electrons. The summed E-state index contributed by atoms with van der Waals surface area (Å²) in [5, 5.41) is 10.4. The zero-order valence-electron chi connectivity index (χ0n) is 9.11. The fraction of sp³-hybridized carbons (Fsp3) is 0. The first kappa shape index (κ1) is 10.9. The van der Waals surface area contributed by atoms with E-state index in [-0.39, 0.29) is 5.56 Å². The number of rotatable bonds is 2. The Morgan fingerprint density at radius 2 is 2.17 bits per heavy atom. The van der Waals surface area contributed by atoms with E-state index in [0.717, 1.165) is 0 Å². The largest absolute Gasteiger partial charge is 0.478 e. The Morgan fingerprint density at radius 1 is 1.33 bits per heavy atom. The second-order valence-electron chi connectivity index (χ2n) is 3.85. The fourth-order valence-electron chi connectivity index (χ4n) is 1.99. The molecule has 0 aliphatic heterocycles. The van der Waals surface area contributed by atoms with Crippen LogP contribution < -0.4 is 0 Å². The van der Waals surface area contributed by atoms with Crippen LogP contribution in [0.1, 0.15) is 10.4 Å². The van der Waals surface area contributed by atoms with E-state index >= 15 is 0 Å². The van der Waals surface area contributed by atoms with Crippen LogP contribution in [0.15, 0.2) is 41.0 Å². The van der Waals surface area contributed by atoms with Gasteiger partial charge < -0.3 is 14.5 Å². The van der Waals surface area contributed by atoms with Crippen molar-refractivity contribution in [2.45, 2.75) is 0 Å². The first-order valence-corrected chi connectivity index (χ1v) is 5.63. The molecular weight excluding hydrogens is 254 g/mol. The molecule has 0 unspecified atom stereocenters. The van der Waals surface area contributed by atoms with Gasteiger partial charge in [0.15, 0.2) is 5.76 Å². The summed E-state index contributed by atoms with van der Waals surface area (Å²) in [6, 6.07) is 8.50. The van der Waals surface area contributed by atoms with Crippen molar-refractivity contribution in [2.75, 3.05) is 0 Å². The number of H-pyrrole nitrogens is 1. The summed E-state index contributed by atoms with van der Waals surface area (Å²) in [6.45, 7) is 0. The van der Waals surface area contributed by atoms with E-state index in [9.17, 15) is 9.90 Å². The van der Waals surface area contributed by atoms with Crippen molar-refractivity contribution in [3.05, 3.63) is 47.2 Å². The average Bonchev–Trinajstić information content (AvgIpc) is 2.94. The Morgan fingerprint density at radius 3 is 2.83 bits per heavy atom. The van der Waals surface area contributed by atoms with Crippen LogP contribution in [-0.2, 0) is 0 Å². The molecule has 0 saturated carbocycles. The van der Waals surface area contributed by atoms with Gasteiger partial charge in [-0.1, -0.05) is 11.6 Å². The van der Waals surface area contributed by atoms with Crippen LogP contribution in [0.25, 0.3) is 22.4 Å². The molecule has 2 heterocycles. The topological polar surface area (TPSA) is 66.2 Å². The van der Waals surface area contributed by atoms with Crippen LogP contribution in [0.5, 0.6) is 0 Å². The summed E-state index contributed by atoms with van der Waals surface area (Å²) in [6.07, 6.45) is 1.50. The van der Waals surface area contributed by atoms with Crippen molar-refractivity contribution in [1.82, 2.24) is 4.98 Å². The Hall–Kier alpha value is -2.20. The van der Waals surface area contributed by atoms with E-state index in [1.807, 2.05) is 0 Å². The van der Waals surface area contributed by atoms with Crippen molar-refractivity contribution in [3.63, 3.8) is 0 Å². The molecule has 0 saturated heterocycles. The van der Waals surface area contributed by atoms with Gasteiger partial charge in [0.05, 0.1) is 17.5 Å². The molecule has 0 bridgehead atoms. The van der Waals surface area contributed by atoms with E-state index < -0.39 is 5.97 Å². The first-order chi connectivity index (χ1) is 8.66. The van der Waals surface area contributed by atoms with Gasteiger partial charge in [-0.3, -0.25) is 0 Å². The molecule has 18 heavy (non-hydrogen) atoms. The second-order valence-corrected chi connectivity index (χ2v) is 4.28. The number of carboxylic acid groups (broad SMARTS) is 1. The van der Waals surface area contributed by atoms with Gasteiger partial charge in [0.1, 0.15) is 0 Å². The quantitative estimate of drug-likeness (QED) is 0.738. The van der Waals surface area contributed by atoms with Crippen molar-refractivity contribution < 1.29 is 14.3 Å². The molecule has 0 spiro atoms. The zero-order valence-corrected chi connectivity index (χ0v) is 9.86. The molecule has 3 aromatic rings. The molecule has 0 fully saturated rings. The highest BCUT2D eigenvalue weighted by molar-refractivity contribution is 6.31. The van der Waals surface area contributed by atoms with Crippen LogP contribution >= 0.6 is 11.6 Å². The molecule has 1 aromatic carbocycles. The Bertz CT molecular complexity index is 728. The number of hydrogen-bond donors (Lipinski definition) is 2. The van der Waals surface area contributed by atoms with Gasteiger partial charge in [-0.25, -0.2) is 4.79 Å². The third kappa shape index (κ3) is 1.58. The zero-order chi connectivity index (χ0) is 12.7. The lowest BCUT2D eigenvalue weighted by molar-refractivity contribution is 0.0699. The van der Waals surface area contributed by atoms with Gasteiger partial charge in [0.2, 0.25) is 0 Å². The first-order valence-electron chi connectivity index (χ1n) is 5.25. The van der Waals surface area contributed by atoms with Crippen molar-refractivity contribution in [2.24, 2.45) is 0 Å². The maximum Gasteiger partial charge on any atom is 0.338 e. The van der Waals surface area contributed by atoms with Crippen LogP contribution in [0.2, 0.25) is 5.02 Å². The second kappa shape index (κ2) is 3.92. The lowest BCUT2D eigenvalue weighted by Crippen LogP contribution is -1.97. The van der Waals surface area contributed by atoms with Crippen molar-refractivity contribution in [3.8, 4) is 11.5 Å². The Balaban J connectivity index is 2.38. The van der Waals surface area contributed by atoms with Gasteiger partial charge in [0.25, 0.3) is 0 Å². The number of aromatic carboxylic acids is 1. The molecule has 0 aliphatic carbocycles. The van der Waals surface area contributed by atoms with E-state index in [0.29, 0.717) is 27.4 Å². The SMILES string of the molecule is O=C(O)c1c(-c2ccco2)[nH]c2ccc(Cl)cc12. The summed E-state index contributed by atoms with van der Waals surface area (Å²) >= 11 is 5.90. The number of carbonyl (C=O) groups is 1. The Labute approximate surface area is 107 Å². The summed E-state index contributed by atoms with van der Waals surface area (Å²) in [5.41, 5.74) is 1.33. The summed E-state index contributed by atoms with van der Waals surface area (Å²) in [5.74, 6) is -0.533. The smallest absolute Gasteiger partial charge is 0.338 e. The number of halogens is 1. The number of aromatic amines is 1. The number of benzene rings is 1. The molecule has 2 aromatic heterocycles. The predicted molar refractivity (Wildman–Crippen MR) is 68.0 cm³/mol. The minimum atomic E-state index is -1.02. The monoisotopic (exact) mass is 261 g/mol. The lowest BCUT2D eigenvalue weighted by atomic mass is 10.1. The third-order valence-electron chi connectivity index (χ3n) is 2.74. The summed E-state index contributed by atoms with van der Waals surface area (Å²) in [7, 11) is 0. The van der Waals surface area contributed by atoms with Crippen LogP contribution in [-0.4, -0.2) is 16.1 Å². The molecule has 0 radical (unpaired) electrons. The van der Waals surface area contributed by atoms with Gasteiger partial charge in [0, 0.05) is 15.9 Å². The summed E-state index contributed by atoms with van der Waals surface area (Å²) < 4.78 is 5.24. The number of aromatic nitrogens is 1.